The molecule has 0 aliphatic heterocycles. The van der Waals surface area contributed by atoms with Crippen LogP contribution in [0.3, 0.4) is 0 Å². The first-order valence-electron chi connectivity index (χ1n) is 3.49. The molecular formula is C8H6N3O-. The largest absolute Gasteiger partial charge is 0.860 e. The molecule has 0 unspecified atom stereocenters. The van der Waals surface area contributed by atoms with Crippen molar-refractivity contribution in [2.45, 2.75) is 0 Å². The molecule has 0 bridgehead atoms. The molecule has 0 radical (unpaired) electrons. The summed E-state index contributed by atoms with van der Waals surface area (Å²) in [6.45, 7) is 0. The molecule has 0 aromatic carbocycles. The fourth-order valence-electron chi connectivity index (χ4n) is 0.970. The van der Waals surface area contributed by atoms with Crippen molar-refractivity contribution >= 4 is 0 Å². The molecule has 0 N–H and O–H groups in total. The van der Waals surface area contributed by atoms with Gasteiger partial charge in [-0.25, -0.2) is 4.98 Å². The first-order chi connectivity index (χ1) is 5.88. The summed E-state index contributed by atoms with van der Waals surface area (Å²) in [5, 5.41) is 11.1. The molecule has 2 aromatic heterocycles. The van der Waals surface area contributed by atoms with Gasteiger partial charge >= 0.3 is 0 Å². The molecule has 2 heterocycles. The molecule has 2 rings (SSSR count). The van der Waals surface area contributed by atoms with Gasteiger partial charge in [-0.05, 0) is 11.9 Å². The van der Waals surface area contributed by atoms with Crippen molar-refractivity contribution in [3.63, 3.8) is 0 Å². The molecule has 60 valence electrons. The maximum absolute atomic E-state index is 11.1. The first kappa shape index (κ1) is 6.84. The molecule has 0 aliphatic carbocycles. The molecule has 0 fully saturated rings. The van der Waals surface area contributed by atoms with E-state index in [-0.39, 0.29) is 5.88 Å². The van der Waals surface area contributed by atoms with Crippen LogP contribution in [0.1, 0.15) is 0 Å². The Morgan fingerprint density at radius 1 is 1.33 bits per heavy atom. The van der Waals surface area contributed by atoms with E-state index in [9.17, 15) is 5.11 Å². The van der Waals surface area contributed by atoms with Crippen LogP contribution in [0.15, 0.2) is 36.9 Å². The van der Waals surface area contributed by atoms with Crippen LogP contribution < -0.4 is 5.11 Å². The Balaban J connectivity index is 2.51. The minimum absolute atomic E-state index is 0.0875. The van der Waals surface area contributed by atoms with Gasteiger partial charge in [-0.1, -0.05) is 6.07 Å². The van der Waals surface area contributed by atoms with Gasteiger partial charge < -0.3 is 9.67 Å². The van der Waals surface area contributed by atoms with Gasteiger partial charge in [0.15, 0.2) is 5.82 Å². The van der Waals surface area contributed by atoms with Crippen LogP contribution in [0.4, 0.5) is 0 Å². The van der Waals surface area contributed by atoms with E-state index in [2.05, 4.69) is 9.97 Å². The molecule has 0 atom stereocenters. The van der Waals surface area contributed by atoms with Gasteiger partial charge in [0, 0.05) is 18.6 Å². The second-order valence-corrected chi connectivity index (χ2v) is 2.28. The van der Waals surface area contributed by atoms with Crippen LogP contribution in [0, 0.1) is 0 Å². The zero-order valence-electron chi connectivity index (χ0n) is 6.21. The summed E-state index contributed by atoms with van der Waals surface area (Å²) >= 11 is 0. The SMILES string of the molecule is [O-]c1cccn1-c1cnccn1. The van der Waals surface area contributed by atoms with Crippen LogP contribution in [0.25, 0.3) is 5.82 Å². The number of rotatable bonds is 1. The summed E-state index contributed by atoms with van der Waals surface area (Å²) in [5.41, 5.74) is 0. The van der Waals surface area contributed by atoms with Gasteiger partial charge in [0.1, 0.15) is 0 Å². The fourth-order valence-corrected chi connectivity index (χ4v) is 0.970. The minimum atomic E-state index is -0.0875. The van der Waals surface area contributed by atoms with Crippen molar-refractivity contribution in [1.29, 1.82) is 0 Å². The Morgan fingerprint density at radius 3 is 2.83 bits per heavy atom. The maximum Gasteiger partial charge on any atom is 0.154 e. The Bertz CT molecular complexity index is 369. The average Bonchev–Trinajstić information content (AvgIpc) is 2.53. The van der Waals surface area contributed by atoms with E-state index < -0.39 is 0 Å². The Morgan fingerprint density at radius 2 is 2.25 bits per heavy atom. The lowest BCUT2D eigenvalue weighted by Gasteiger charge is -2.09. The first-order valence-corrected chi connectivity index (χ1v) is 3.49. The van der Waals surface area contributed by atoms with Crippen LogP contribution in [-0.4, -0.2) is 14.5 Å². The highest BCUT2D eigenvalue weighted by atomic mass is 16.3. The zero-order valence-corrected chi connectivity index (χ0v) is 6.21. The zero-order chi connectivity index (χ0) is 8.39. The molecule has 4 heteroatoms. The molecule has 0 saturated heterocycles. The van der Waals surface area contributed by atoms with Gasteiger partial charge in [0.05, 0.1) is 6.20 Å². The second-order valence-electron chi connectivity index (χ2n) is 2.28. The number of aromatic nitrogens is 3. The molecule has 0 spiro atoms. The van der Waals surface area contributed by atoms with Gasteiger partial charge in [-0.2, -0.15) is 0 Å². The number of hydrogen-bond acceptors (Lipinski definition) is 3. The highest BCUT2D eigenvalue weighted by molar-refractivity contribution is 5.26. The van der Waals surface area contributed by atoms with E-state index >= 15 is 0 Å². The third kappa shape index (κ3) is 1.03. The predicted octanol–water partition coefficient (Wildman–Crippen LogP) is 0.341. The van der Waals surface area contributed by atoms with E-state index in [0.717, 1.165) is 0 Å². The molecule has 2 aromatic rings. The molecule has 0 aliphatic rings. The van der Waals surface area contributed by atoms with Crippen LogP contribution in [-0.2, 0) is 0 Å². The lowest BCUT2D eigenvalue weighted by atomic mass is 10.6. The molecule has 0 amide bonds. The third-order valence-corrected chi connectivity index (χ3v) is 1.51. The summed E-state index contributed by atoms with van der Waals surface area (Å²) in [4.78, 5) is 7.84. The normalized spacial score (nSPS) is 10.0. The van der Waals surface area contributed by atoms with E-state index in [4.69, 9.17) is 0 Å². The number of nitrogens with zero attached hydrogens (tertiary/aromatic N) is 3. The monoisotopic (exact) mass is 160 g/mol. The second kappa shape index (κ2) is 2.65. The topological polar surface area (TPSA) is 53.8 Å². The van der Waals surface area contributed by atoms with Gasteiger partial charge in [-0.3, -0.25) is 4.98 Å². The average molecular weight is 160 g/mol. The van der Waals surface area contributed by atoms with E-state index in [1.807, 2.05) is 0 Å². The van der Waals surface area contributed by atoms with Gasteiger partial charge in [0.25, 0.3) is 0 Å². The van der Waals surface area contributed by atoms with Crippen LogP contribution >= 0.6 is 0 Å². The summed E-state index contributed by atoms with van der Waals surface area (Å²) in [6, 6.07) is 3.16. The Kier molecular flexibility index (Phi) is 1.51. The molecule has 4 nitrogen and oxygen atoms in total. The summed E-state index contributed by atoms with van der Waals surface area (Å²) in [5.74, 6) is 0.461. The lowest BCUT2D eigenvalue weighted by molar-refractivity contribution is -0.277. The van der Waals surface area contributed by atoms with Gasteiger partial charge in [-0.15, -0.1) is 0 Å². The highest BCUT2D eigenvalue weighted by Crippen LogP contribution is 2.10. The predicted molar refractivity (Wildman–Crippen MR) is 40.8 cm³/mol. The van der Waals surface area contributed by atoms with Crippen LogP contribution in [0.5, 0.6) is 5.88 Å². The summed E-state index contributed by atoms with van der Waals surface area (Å²) < 4.78 is 1.44. The highest BCUT2D eigenvalue weighted by Gasteiger charge is 1.94. The summed E-state index contributed by atoms with van der Waals surface area (Å²) in [6.07, 6.45) is 6.32. The third-order valence-electron chi connectivity index (χ3n) is 1.51. The smallest absolute Gasteiger partial charge is 0.154 e. The maximum atomic E-state index is 11.1. The standard InChI is InChI=1S/C8H7N3O/c12-8-2-1-5-11(8)7-6-9-3-4-10-7/h1-6,12H/p-1. The molecule has 0 saturated carbocycles. The van der Waals surface area contributed by atoms with Crippen molar-refractivity contribution in [1.82, 2.24) is 14.5 Å². The van der Waals surface area contributed by atoms with E-state index in [0.29, 0.717) is 5.82 Å². The van der Waals surface area contributed by atoms with Crippen LogP contribution in [0.2, 0.25) is 0 Å². The van der Waals surface area contributed by atoms with Crippen molar-refractivity contribution in [3.05, 3.63) is 36.9 Å². The molecule has 12 heavy (non-hydrogen) atoms. The van der Waals surface area contributed by atoms with Crippen molar-refractivity contribution < 1.29 is 5.11 Å². The Labute approximate surface area is 69.1 Å². The summed E-state index contributed by atoms with van der Waals surface area (Å²) in [7, 11) is 0. The van der Waals surface area contributed by atoms with Crippen molar-refractivity contribution in [3.8, 4) is 11.7 Å². The minimum Gasteiger partial charge on any atom is -0.860 e. The quantitative estimate of drug-likeness (QED) is 0.604. The molecular weight excluding hydrogens is 154 g/mol. The Hall–Kier alpha value is -1.84. The van der Waals surface area contributed by atoms with E-state index in [1.54, 1.807) is 30.9 Å². The van der Waals surface area contributed by atoms with Gasteiger partial charge in [0.2, 0.25) is 0 Å². The lowest BCUT2D eigenvalue weighted by Crippen LogP contribution is -2.02. The number of hydrogen-bond donors (Lipinski definition) is 0. The van der Waals surface area contributed by atoms with Crippen molar-refractivity contribution in [2.75, 3.05) is 0 Å². The fraction of sp³-hybridized carbons (Fsp3) is 0. The van der Waals surface area contributed by atoms with Crippen molar-refractivity contribution in [2.24, 2.45) is 0 Å². The van der Waals surface area contributed by atoms with E-state index in [1.165, 1.54) is 10.6 Å².